The maximum Gasteiger partial charge on any atom is 0.0694 e. The topological polar surface area (TPSA) is 44.5 Å². The van der Waals surface area contributed by atoms with Crippen LogP contribution in [0.1, 0.15) is 39.0 Å². The third-order valence-electron chi connectivity index (χ3n) is 3.06. The van der Waals surface area contributed by atoms with Crippen molar-refractivity contribution in [3.63, 3.8) is 0 Å². The van der Waals surface area contributed by atoms with E-state index in [0.29, 0.717) is 6.10 Å². The van der Waals surface area contributed by atoms with Crippen molar-refractivity contribution in [2.75, 3.05) is 13.7 Å². The monoisotopic (exact) mass is 201 g/mol. The predicted molar refractivity (Wildman–Crippen MR) is 57.3 cm³/mol. The summed E-state index contributed by atoms with van der Waals surface area (Å²) in [6.45, 7) is 2.97. The van der Waals surface area contributed by atoms with E-state index in [1.54, 1.807) is 7.11 Å². The largest absolute Gasteiger partial charge is 0.380 e. The first-order valence-corrected chi connectivity index (χ1v) is 5.64. The summed E-state index contributed by atoms with van der Waals surface area (Å²) in [5.41, 5.74) is 5.95. The summed E-state index contributed by atoms with van der Waals surface area (Å²) in [6, 6.07) is 0.168. The van der Waals surface area contributed by atoms with Crippen LogP contribution >= 0.6 is 0 Å². The van der Waals surface area contributed by atoms with Gasteiger partial charge in [-0.2, -0.15) is 0 Å². The summed E-state index contributed by atoms with van der Waals surface area (Å²) in [5, 5.41) is 0. The van der Waals surface area contributed by atoms with Crippen molar-refractivity contribution in [2.45, 2.75) is 57.3 Å². The normalized spacial score (nSPS) is 26.4. The van der Waals surface area contributed by atoms with E-state index in [2.05, 4.69) is 0 Å². The molecule has 1 aliphatic heterocycles. The summed E-state index contributed by atoms with van der Waals surface area (Å²) in [6.07, 6.45) is 6.47. The molecule has 0 aromatic heterocycles. The first kappa shape index (κ1) is 12.0. The van der Waals surface area contributed by atoms with Crippen LogP contribution in [0.5, 0.6) is 0 Å². The van der Waals surface area contributed by atoms with Crippen LogP contribution in [0.15, 0.2) is 0 Å². The van der Waals surface area contributed by atoms with Crippen LogP contribution in [-0.2, 0) is 9.47 Å². The average molecular weight is 201 g/mol. The number of hydrogen-bond donors (Lipinski definition) is 1. The molecule has 0 bridgehead atoms. The van der Waals surface area contributed by atoms with Gasteiger partial charge in [0.05, 0.1) is 12.2 Å². The van der Waals surface area contributed by atoms with Crippen LogP contribution in [0.3, 0.4) is 0 Å². The molecule has 0 radical (unpaired) electrons. The zero-order chi connectivity index (χ0) is 10.4. The summed E-state index contributed by atoms with van der Waals surface area (Å²) in [5.74, 6) is 0. The molecule has 0 saturated carbocycles. The fourth-order valence-electron chi connectivity index (χ4n) is 1.86. The fourth-order valence-corrected chi connectivity index (χ4v) is 1.86. The molecule has 1 aliphatic rings. The zero-order valence-corrected chi connectivity index (χ0v) is 9.37. The molecule has 0 aliphatic carbocycles. The summed E-state index contributed by atoms with van der Waals surface area (Å²) in [4.78, 5) is 0. The van der Waals surface area contributed by atoms with Gasteiger partial charge >= 0.3 is 0 Å². The van der Waals surface area contributed by atoms with Gasteiger partial charge in [-0.3, -0.25) is 0 Å². The van der Waals surface area contributed by atoms with Gasteiger partial charge in [0.2, 0.25) is 0 Å². The Morgan fingerprint density at radius 1 is 1.57 bits per heavy atom. The number of rotatable bonds is 6. The van der Waals surface area contributed by atoms with E-state index in [1.807, 2.05) is 6.92 Å². The molecule has 2 N–H and O–H groups in total. The molecule has 3 atom stereocenters. The van der Waals surface area contributed by atoms with Gasteiger partial charge in [-0.15, -0.1) is 0 Å². The molecule has 0 amide bonds. The van der Waals surface area contributed by atoms with Crippen LogP contribution < -0.4 is 5.73 Å². The Balaban J connectivity index is 2.02. The number of methoxy groups -OCH3 is 1. The molecule has 1 rings (SSSR count). The van der Waals surface area contributed by atoms with Crippen molar-refractivity contribution in [2.24, 2.45) is 5.73 Å². The van der Waals surface area contributed by atoms with E-state index < -0.39 is 0 Å². The minimum Gasteiger partial charge on any atom is -0.380 e. The lowest BCUT2D eigenvalue weighted by Gasteiger charge is -2.18. The Kier molecular flexibility index (Phi) is 5.45. The molecule has 1 saturated heterocycles. The highest BCUT2D eigenvalue weighted by Crippen LogP contribution is 2.18. The fraction of sp³-hybridized carbons (Fsp3) is 1.00. The predicted octanol–water partition coefficient (Wildman–Crippen LogP) is 1.70. The van der Waals surface area contributed by atoms with Gasteiger partial charge in [0.15, 0.2) is 0 Å². The van der Waals surface area contributed by atoms with Gasteiger partial charge in [0.25, 0.3) is 0 Å². The molecule has 14 heavy (non-hydrogen) atoms. The highest BCUT2D eigenvalue weighted by atomic mass is 16.5. The molecule has 3 unspecified atom stereocenters. The molecule has 0 aromatic carbocycles. The third kappa shape index (κ3) is 3.95. The van der Waals surface area contributed by atoms with Crippen molar-refractivity contribution >= 4 is 0 Å². The van der Waals surface area contributed by atoms with E-state index in [0.717, 1.165) is 25.9 Å². The summed E-state index contributed by atoms with van der Waals surface area (Å²) in [7, 11) is 1.71. The lowest BCUT2D eigenvalue weighted by atomic mass is 10.0. The maximum atomic E-state index is 5.95. The Labute approximate surface area is 86.9 Å². The van der Waals surface area contributed by atoms with E-state index in [1.165, 1.54) is 12.8 Å². The first-order chi connectivity index (χ1) is 6.74. The van der Waals surface area contributed by atoms with Crippen molar-refractivity contribution in [1.82, 2.24) is 0 Å². The first-order valence-electron chi connectivity index (χ1n) is 5.64. The average Bonchev–Trinajstić information content (AvgIpc) is 2.69. The Hall–Kier alpha value is -0.120. The van der Waals surface area contributed by atoms with Gasteiger partial charge in [-0.05, 0) is 39.0 Å². The smallest absolute Gasteiger partial charge is 0.0694 e. The standard InChI is InChI=1S/C11H23NO2/c1-9(13-2)11(12)7-3-5-10-6-4-8-14-10/h9-11H,3-8,12H2,1-2H3. The number of ether oxygens (including phenoxy) is 2. The van der Waals surface area contributed by atoms with Crippen molar-refractivity contribution in [3.8, 4) is 0 Å². The Bertz CT molecular complexity index is 146. The van der Waals surface area contributed by atoms with Crippen LogP contribution in [0.2, 0.25) is 0 Å². The van der Waals surface area contributed by atoms with E-state index in [4.69, 9.17) is 15.2 Å². The minimum absolute atomic E-state index is 0.166. The molecular formula is C11H23NO2. The molecular weight excluding hydrogens is 178 g/mol. The van der Waals surface area contributed by atoms with Gasteiger partial charge in [0, 0.05) is 19.8 Å². The third-order valence-corrected chi connectivity index (χ3v) is 3.06. The van der Waals surface area contributed by atoms with Crippen molar-refractivity contribution < 1.29 is 9.47 Å². The van der Waals surface area contributed by atoms with Crippen LogP contribution in [0.25, 0.3) is 0 Å². The summed E-state index contributed by atoms with van der Waals surface area (Å²) < 4.78 is 10.7. The quantitative estimate of drug-likeness (QED) is 0.711. The molecule has 1 heterocycles. The summed E-state index contributed by atoms with van der Waals surface area (Å²) >= 11 is 0. The second-order valence-electron chi connectivity index (χ2n) is 4.17. The Morgan fingerprint density at radius 2 is 2.36 bits per heavy atom. The lowest BCUT2D eigenvalue weighted by molar-refractivity contribution is 0.0832. The molecule has 3 heteroatoms. The SMILES string of the molecule is COC(C)C(N)CCCC1CCCO1. The molecule has 84 valence electrons. The van der Waals surface area contributed by atoms with E-state index in [-0.39, 0.29) is 12.1 Å². The Morgan fingerprint density at radius 3 is 2.93 bits per heavy atom. The molecule has 1 fully saturated rings. The van der Waals surface area contributed by atoms with Crippen molar-refractivity contribution in [3.05, 3.63) is 0 Å². The second-order valence-corrected chi connectivity index (χ2v) is 4.17. The van der Waals surface area contributed by atoms with Gasteiger partial charge in [0.1, 0.15) is 0 Å². The highest BCUT2D eigenvalue weighted by Gasteiger charge is 2.16. The minimum atomic E-state index is 0.166. The zero-order valence-electron chi connectivity index (χ0n) is 9.37. The van der Waals surface area contributed by atoms with E-state index >= 15 is 0 Å². The van der Waals surface area contributed by atoms with Gasteiger partial charge in [-0.25, -0.2) is 0 Å². The van der Waals surface area contributed by atoms with Crippen molar-refractivity contribution in [1.29, 1.82) is 0 Å². The number of nitrogens with two attached hydrogens (primary N) is 1. The van der Waals surface area contributed by atoms with E-state index in [9.17, 15) is 0 Å². The maximum absolute atomic E-state index is 5.95. The second kappa shape index (κ2) is 6.38. The lowest BCUT2D eigenvalue weighted by Crippen LogP contribution is -2.33. The van der Waals surface area contributed by atoms with Gasteiger partial charge in [-0.1, -0.05) is 0 Å². The van der Waals surface area contributed by atoms with Crippen LogP contribution in [0.4, 0.5) is 0 Å². The molecule has 0 spiro atoms. The highest BCUT2D eigenvalue weighted by molar-refractivity contribution is 4.71. The number of hydrogen-bond acceptors (Lipinski definition) is 3. The molecule has 0 aromatic rings. The van der Waals surface area contributed by atoms with Gasteiger partial charge < -0.3 is 15.2 Å². The van der Waals surface area contributed by atoms with Crippen LogP contribution in [-0.4, -0.2) is 32.0 Å². The van der Waals surface area contributed by atoms with Crippen LogP contribution in [0, 0.1) is 0 Å². The molecule has 3 nitrogen and oxygen atoms in total.